The summed E-state index contributed by atoms with van der Waals surface area (Å²) < 4.78 is 25.9. The number of nitro groups is 1. The number of rotatable bonds is 5. The van der Waals surface area contributed by atoms with Crippen LogP contribution in [-0.2, 0) is 16.4 Å². The highest BCUT2D eigenvalue weighted by Gasteiger charge is 2.26. The first-order valence-corrected chi connectivity index (χ1v) is 10.1. The number of sulfonamides is 1. The van der Waals surface area contributed by atoms with Gasteiger partial charge < -0.3 is 5.32 Å². The van der Waals surface area contributed by atoms with Gasteiger partial charge in [0.2, 0.25) is 10.0 Å². The summed E-state index contributed by atoms with van der Waals surface area (Å²) >= 11 is 0. The molecule has 1 heterocycles. The monoisotopic (exact) mass is 389 g/mol. The zero-order chi connectivity index (χ0) is 19.6. The average Bonchev–Trinajstić information content (AvgIpc) is 2.67. The van der Waals surface area contributed by atoms with Gasteiger partial charge in [0.1, 0.15) is 0 Å². The van der Waals surface area contributed by atoms with Crippen molar-refractivity contribution in [1.82, 2.24) is 0 Å². The second-order valence-corrected chi connectivity index (χ2v) is 8.36. The lowest BCUT2D eigenvalue weighted by Crippen LogP contribution is -2.36. The van der Waals surface area contributed by atoms with E-state index < -0.39 is 20.9 Å². The number of benzene rings is 2. The van der Waals surface area contributed by atoms with E-state index in [0.29, 0.717) is 30.8 Å². The third kappa shape index (κ3) is 3.92. The highest BCUT2D eigenvalue weighted by Crippen LogP contribution is 2.32. The van der Waals surface area contributed by atoms with Gasteiger partial charge in [0.25, 0.3) is 11.6 Å². The molecule has 142 valence electrons. The van der Waals surface area contributed by atoms with Crippen molar-refractivity contribution in [3.05, 3.63) is 63.7 Å². The van der Waals surface area contributed by atoms with Gasteiger partial charge in [-0.2, -0.15) is 0 Å². The Kier molecular flexibility index (Phi) is 5.13. The Morgan fingerprint density at radius 3 is 2.74 bits per heavy atom. The van der Waals surface area contributed by atoms with Gasteiger partial charge in [-0.25, -0.2) is 8.42 Å². The fraction of sp³-hybridized carbons (Fsp3) is 0.278. The SMILES string of the molecule is CCS(=O)(=O)N1CCCc2cc(NC(=O)c3cccc([N+](=O)[O-])c3)ccc21. The van der Waals surface area contributed by atoms with E-state index in [2.05, 4.69) is 5.32 Å². The molecular weight excluding hydrogens is 370 g/mol. The summed E-state index contributed by atoms with van der Waals surface area (Å²) in [6.45, 7) is 2.06. The molecule has 2 aromatic carbocycles. The van der Waals surface area contributed by atoms with Crippen molar-refractivity contribution in [2.45, 2.75) is 19.8 Å². The van der Waals surface area contributed by atoms with E-state index in [1.807, 2.05) is 0 Å². The minimum atomic E-state index is -3.34. The summed E-state index contributed by atoms with van der Waals surface area (Å²) in [5.41, 5.74) is 2.01. The van der Waals surface area contributed by atoms with Gasteiger partial charge in [-0.3, -0.25) is 19.2 Å². The number of nitro benzene ring substituents is 1. The number of carbonyl (C=O) groups excluding carboxylic acids is 1. The van der Waals surface area contributed by atoms with E-state index in [0.717, 1.165) is 5.56 Å². The van der Waals surface area contributed by atoms with E-state index in [4.69, 9.17) is 0 Å². The van der Waals surface area contributed by atoms with Crippen molar-refractivity contribution >= 4 is 33.0 Å². The number of hydrogen-bond donors (Lipinski definition) is 1. The fourth-order valence-corrected chi connectivity index (χ4v) is 4.25. The predicted molar refractivity (Wildman–Crippen MR) is 103 cm³/mol. The maximum Gasteiger partial charge on any atom is 0.270 e. The molecule has 0 atom stereocenters. The number of hydrogen-bond acceptors (Lipinski definition) is 5. The Balaban J connectivity index is 1.84. The van der Waals surface area contributed by atoms with Crippen LogP contribution in [0, 0.1) is 10.1 Å². The number of nitrogens with one attached hydrogen (secondary N) is 1. The van der Waals surface area contributed by atoms with Crippen molar-refractivity contribution in [2.75, 3.05) is 21.9 Å². The van der Waals surface area contributed by atoms with E-state index in [-0.39, 0.29) is 17.0 Å². The molecule has 9 heteroatoms. The lowest BCUT2D eigenvalue weighted by Gasteiger charge is -2.30. The molecule has 0 unspecified atom stereocenters. The highest BCUT2D eigenvalue weighted by atomic mass is 32.2. The van der Waals surface area contributed by atoms with Crippen molar-refractivity contribution in [1.29, 1.82) is 0 Å². The molecule has 1 aliphatic rings. The molecule has 0 spiro atoms. The van der Waals surface area contributed by atoms with Gasteiger partial charge in [-0.15, -0.1) is 0 Å². The number of carbonyl (C=O) groups is 1. The predicted octanol–water partition coefficient (Wildman–Crippen LogP) is 2.95. The van der Waals surface area contributed by atoms with Crippen LogP contribution >= 0.6 is 0 Å². The molecule has 0 bridgehead atoms. The molecule has 0 fully saturated rings. The van der Waals surface area contributed by atoms with Crippen LogP contribution in [0.5, 0.6) is 0 Å². The Morgan fingerprint density at radius 1 is 1.26 bits per heavy atom. The third-order valence-electron chi connectivity index (χ3n) is 4.43. The minimum absolute atomic E-state index is 0.0255. The molecular formula is C18H19N3O5S. The minimum Gasteiger partial charge on any atom is -0.322 e. The lowest BCUT2D eigenvalue weighted by atomic mass is 10.0. The van der Waals surface area contributed by atoms with E-state index in [1.54, 1.807) is 25.1 Å². The largest absolute Gasteiger partial charge is 0.322 e. The van der Waals surface area contributed by atoms with Crippen LogP contribution in [0.2, 0.25) is 0 Å². The summed E-state index contributed by atoms with van der Waals surface area (Å²) in [5, 5.41) is 13.6. The molecule has 0 aliphatic carbocycles. The van der Waals surface area contributed by atoms with Crippen LogP contribution in [0.3, 0.4) is 0 Å². The summed E-state index contributed by atoms with van der Waals surface area (Å²) in [6, 6.07) is 10.6. The molecule has 3 rings (SSSR count). The number of fused-ring (bicyclic) bond motifs is 1. The normalized spacial score (nSPS) is 13.7. The van der Waals surface area contributed by atoms with Crippen molar-refractivity contribution in [2.24, 2.45) is 0 Å². The Hall–Kier alpha value is -2.94. The fourth-order valence-electron chi connectivity index (χ4n) is 3.05. The summed E-state index contributed by atoms with van der Waals surface area (Å²) in [7, 11) is -3.34. The number of aryl methyl sites for hydroxylation is 1. The molecule has 2 aromatic rings. The second kappa shape index (κ2) is 7.36. The van der Waals surface area contributed by atoms with E-state index >= 15 is 0 Å². The van der Waals surface area contributed by atoms with Crippen molar-refractivity contribution in [3.63, 3.8) is 0 Å². The van der Waals surface area contributed by atoms with Crippen LogP contribution in [0.4, 0.5) is 17.1 Å². The van der Waals surface area contributed by atoms with Crippen LogP contribution in [-0.4, -0.2) is 31.5 Å². The molecule has 0 saturated heterocycles. The Bertz CT molecular complexity index is 1000. The van der Waals surface area contributed by atoms with Gasteiger partial charge in [0, 0.05) is 29.9 Å². The molecule has 0 aromatic heterocycles. The van der Waals surface area contributed by atoms with Crippen LogP contribution < -0.4 is 9.62 Å². The van der Waals surface area contributed by atoms with Crippen molar-refractivity contribution < 1.29 is 18.1 Å². The third-order valence-corrected chi connectivity index (χ3v) is 6.21. The molecule has 8 nitrogen and oxygen atoms in total. The first-order valence-electron chi connectivity index (χ1n) is 8.51. The molecule has 27 heavy (non-hydrogen) atoms. The zero-order valence-corrected chi connectivity index (χ0v) is 15.5. The zero-order valence-electron chi connectivity index (χ0n) is 14.7. The smallest absolute Gasteiger partial charge is 0.270 e. The summed E-state index contributed by atoms with van der Waals surface area (Å²) in [5.74, 6) is -0.440. The summed E-state index contributed by atoms with van der Waals surface area (Å²) in [6.07, 6.45) is 1.42. The molecule has 1 N–H and O–H groups in total. The van der Waals surface area contributed by atoms with Gasteiger partial charge in [0.15, 0.2) is 0 Å². The van der Waals surface area contributed by atoms with Crippen LogP contribution in [0.25, 0.3) is 0 Å². The summed E-state index contributed by atoms with van der Waals surface area (Å²) in [4.78, 5) is 22.7. The standard InChI is InChI=1S/C18H19N3O5S/c1-2-27(25,26)20-10-4-6-13-11-15(8-9-17(13)20)19-18(22)14-5-3-7-16(12-14)21(23)24/h3,5,7-9,11-12H,2,4,6,10H2,1H3,(H,19,22). The van der Waals surface area contributed by atoms with Gasteiger partial charge in [0.05, 0.1) is 16.4 Å². The average molecular weight is 389 g/mol. The Morgan fingerprint density at radius 2 is 2.04 bits per heavy atom. The Labute approximate surface area is 157 Å². The van der Waals surface area contributed by atoms with Crippen LogP contribution in [0.15, 0.2) is 42.5 Å². The lowest BCUT2D eigenvalue weighted by molar-refractivity contribution is -0.384. The maximum atomic E-state index is 12.4. The number of amides is 1. The van der Waals surface area contributed by atoms with Crippen LogP contribution in [0.1, 0.15) is 29.3 Å². The van der Waals surface area contributed by atoms with E-state index in [9.17, 15) is 23.3 Å². The van der Waals surface area contributed by atoms with Gasteiger partial charge in [-0.1, -0.05) is 6.07 Å². The highest BCUT2D eigenvalue weighted by molar-refractivity contribution is 7.92. The molecule has 1 aliphatic heterocycles. The topological polar surface area (TPSA) is 110 Å². The molecule has 0 saturated carbocycles. The number of nitrogens with zero attached hydrogens (tertiary/aromatic N) is 2. The maximum absolute atomic E-state index is 12.4. The van der Waals surface area contributed by atoms with Gasteiger partial charge in [-0.05, 0) is 49.6 Å². The quantitative estimate of drug-likeness (QED) is 0.624. The van der Waals surface area contributed by atoms with E-state index in [1.165, 1.54) is 28.6 Å². The van der Waals surface area contributed by atoms with Gasteiger partial charge >= 0.3 is 0 Å². The first-order chi connectivity index (χ1) is 12.8. The molecule has 1 amide bonds. The van der Waals surface area contributed by atoms with Crippen molar-refractivity contribution in [3.8, 4) is 0 Å². The number of non-ortho nitro benzene ring substituents is 1. The second-order valence-electron chi connectivity index (χ2n) is 6.18. The first kappa shape index (κ1) is 18.8. The molecule has 0 radical (unpaired) electrons. The number of anilines is 2.